The summed E-state index contributed by atoms with van der Waals surface area (Å²) >= 11 is 0. The van der Waals surface area contributed by atoms with E-state index in [0.717, 1.165) is 5.56 Å². The Labute approximate surface area is 385 Å². The number of benzene rings is 1. The van der Waals surface area contributed by atoms with Crippen molar-refractivity contribution >= 4 is 17.8 Å². The van der Waals surface area contributed by atoms with Crippen molar-refractivity contribution in [2.24, 2.45) is 28.8 Å². The highest BCUT2D eigenvalue weighted by molar-refractivity contribution is 5.88. The van der Waals surface area contributed by atoms with Crippen LogP contribution in [0.1, 0.15) is 100 Å². The van der Waals surface area contributed by atoms with Crippen molar-refractivity contribution in [1.29, 1.82) is 0 Å². The van der Waals surface area contributed by atoms with Gasteiger partial charge < -0.3 is 73.7 Å². The van der Waals surface area contributed by atoms with Gasteiger partial charge in [-0.15, -0.1) is 0 Å². The monoisotopic (exact) mass is 926 g/mol. The summed E-state index contributed by atoms with van der Waals surface area (Å²) in [4.78, 5) is 34.5. The highest BCUT2D eigenvalue weighted by atomic mass is 16.7. The number of cyclic esters (lactones) is 1. The summed E-state index contributed by atoms with van der Waals surface area (Å²) in [5.41, 5.74) is -3.82. The smallest absolute Gasteiger partial charge is 0.407 e. The lowest BCUT2D eigenvalue weighted by atomic mass is 9.73. The van der Waals surface area contributed by atoms with E-state index in [9.17, 15) is 35.1 Å². The van der Waals surface area contributed by atoms with Gasteiger partial charge in [-0.2, -0.15) is 0 Å². The van der Waals surface area contributed by atoms with Gasteiger partial charge in [0.05, 0.1) is 59.9 Å². The molecule has 18 nitrogen and oxygen atoms in total. The number of alkyl carbamates (subject to hydrolysis) is 1. The molecule has 0 aromatic heterocycles. The average Bonchev–Trinajstić information content (AvgIpc) is 3.25. The number of aliphatic hydroxyl groups excluding tert-OH is 3. The van der Waals surface area contributed by atoms with Crippen LogP contribution in [0.3, 0.4) is 0 Å². The number of rotatable bonds is 13. The fourth-order valence-corrected chi connectivity index (χ4v) is 9.69. The van der Waals surface area contributed by atoms with Crippen LogP contribution < -0.4 is 5.32 Å². The molecule has 4 rings (SSSR count). The van der Waals surface area contributed by atoms with Gasteiger partial charge in [0.15, 0.2) is 12.6 Å². The second-order valence-corrected chi connectivity index (χ2v) is 19.4. The van der Waals surface area contributed by atoms with Crippen LogP contribution in [0.15, 0.2) is 35.5 Å². The molecule has 1 aromatic rings. The summed E-state index contributed by atoms with van der Waals surface area (Å²) in [5.74, 6) is -4.33. The molecule has 6 N–H and O–H groups in total. The van der Waals surface area contributed by atoms with Crippen molar-refractivity contribution in [2.45, 2.75) is 186 Å². The Morgan fingerprint density at radius 1 is 0.938 bits per heavy atom. The molecule has 0 radical (unpaired) electrons. The molecule has 0 spiro atoms. The first-order valence-electron chi connectivity index (χ1n) is 23.0. The normalized spacial score (nSPS) is 41.9. The van der Waals surface area contributed by atoms with E-state index in [1.165, 1.54) is 14.0 Å². The van der Waals surface area contributed by atoms with Crippen molar-refractivity contribution < 1.29 is 73.1 Å². The van der Waals surface area contributed by atoms with E-state index in [2.05, 4.69) is 10.5 Å². The predicted molar refractivity (Wildman–Crippen MR) is 239 cm³/mol. The zero-order valence-corrected chi connectivity index (χ0v) is 40.7. The van der Waals surface area contributed by atoms with Crippen LogP contribution >= 0.6 is 0 Å². The molecule has 18 heteroatoms. The Bertz CT molecular complexity index is 1680. The SMILES string of the molecule is CC[C@H]1OC(=O)[C@H](C)[C@@H](O[C@H]2C[C@@](C)(OC)[C@@H](O)[C@H](C)O2)[C@H](C)[C@@H](O[C@@H]2O[C@H](C)C[C@H](N(C)C)[C@H]2O)[C@](C)(O)C[C@@H](C)/C(=N\OCCNC(=O)OCc2ccccc2)[C@H](C)[C@@H](O)[C@]1(C)O. The minimum Gasteiger partial charge on any atom is -0.459 e. The van der Waals surface area contributed by atoms with Crippen LogP contribution in [0.2, 0.25) is 0 Å². The summed E-state index contributed by atoms with van der Waals surface area (Å²) in [6.07, 6.45) is -10.6. The number of carbonyl (C=O) groups is 2. The minimum atomic E-state index is -2.01. The third kappa shape index (κ3) is 13.6. The highest BCUT2D eigenvalue weighted by Crippen LogP contribution is 2.41. The van der Waals surface area contributed by atoms with Crippen molar-refractivity contribution in [2.75, 3.05) is 34.4 Å². The third-order valence-corrected chi connectivity index (χ3v) is 13.7. The molecule has 18 atom stereocenters. The Morgan fingerprint density at radius 2 is 1.60 bits per heavy atom. The van der Waals surface area contributed by atoms with E-state index in [1.807, 2.05) is 56.3 Å². The van der Waals surface area contributed by atoms with Crippen LogP contribution in [0.5, 0.6) is 0 Å². The molecule has 0 aliphatic carbocycles. The maximum Gasteiger partial charge on any atom is 0.407 e. The number of nitrogens with one attached hydrogen (secondary N) is 1. The van der Waals surface area contributed by atoms with Gasteiger partial charge in [0, 0.05) is 37.3 Å². The summed E-state index contributed by atoms with van der Waals surface area (Å²) in [6, 6.07) is 8.87. The van der Waals surface area contributed by atoms with E-state index in [1.54, 1.807) is 55.4 Å². The van der Waals surface area contributed by atoms with Crippen molar-refractivity contribution in [1.82, 2.24) is 10.2 Å². The van der Waals surface area contributed by atoms with Gasteiger partial charge in [-0.05, 0) is 80.5 Å². The molecule has 3 saturated heterocycles. The molecule has 0 saturated carbocycles. The van der Waals surface area contributed by atoms with Gasteiger partial charge in [-0.3, -0.25) is 4.79 Å². The predicted octanol–water partition coefficient (Wildman–Crippen LogP) is 3.52. The summed E-state index contributed by atoms with van der Waals surface area (Å²) < 4.78 is 43.1. The first-order chi connectivity index (χ1) is 30.4. The third-order valence-electron chi connectivity index (χ3n) is 13.7. The molecular formula is C47H79N3O15. The number of nitrogens with zero attached hydrogens (tertiary/aromatic N) is 2. The maximum atomic E-state index is 14.4. The van der Waals surface area contributed by atoms with Crippen molar-refractivity contribution in [3.63, 3.8) is 0 Å². The molecule has 0 bridgehead atoms. The topological polar surface area (TPSA) is 237 Å². The highest BCUT2D eigenvalue weighted by Gasteiger charge is 2.53. The molecule has 3 heterocycles. The van der Waals surface area contributed by atoms with E-state index in [4.69, 9.17) is 38.0 Å². The van der Waals surface area contributed by atoms with Crippen LogP contribution in [0.25, 0.3) is 0 Å². The van der Waals surface area contributed by atoms with Crippen LogP contribution in [-0.4, -0.2) is 167 Å². The lowest BCUT2D eigenvalue weighted by Crippen LogP contribution is -2.61. The Morgan fingerprint density at radius 3 is 2.22 bits per heavy atom. The Hall–Kier alpha value is -3.01. The fraction of sp³-hybridized carbons (Fsp3) is 0.809. The van der Waals surface area contributed by atoms with E-state index in [0.29, 0.717) is 6.42 Å². The van der Waals surface area contributed by atoms with E-state index >= 15 is 0 Å². The van der Waals surface area contributed by atoms with Crippen LogP contribution in [0, 0.1) is 23.7 Å². The van der Waals surface area contributed by atoms with Crippen LogP contribution in [0.4, 0.5) is 4.79 Å². The number of carbonyl (C=O) groups excluding carboxylic acids is 2. The summed E-state index contributed by atoms with van der Waals surface area (Å²) in [7, 11) is 5.19. The summed E-state index contributed by atoms with van der Waals surface area (Å²) in [6.45, 7) is 16.8. The van der Waals surface area contributed by atoms with Gasteiger partial charge >= 0.3 is 12.1 Å². The molecule has 3 aliphatic heterocycles. The summed E-state index contributed by atoms with van der Waals surface area (Å²) in [5, 5.41) is 66.7. The molecular weight excluding hydrogens is 847 g/mol. The molecule has 1 amide bonds. The molecule has 65 heavy (non-hydrogen) atoms. The number of aliphatic hydroxyl groups is 5. The molecule has 0 unspecified atom stereocenters. The van der Waals surface area contributed by atoms with Gasteiger partial charge in [0.1, 0.15) is 37.1 Å². The standard InChI is InChI=1S/C47H79N3O15/c1-14-34-47(10,57)39(52)28(4)36(49-60-21-20-48-44(55)59-25-32-18-16-15-17-19-32)26(2)23-45(8,56)41(65-43-37(51)33(50(11)12)22-27(3)61-43)29(5)38(30(6)42(54)63-34)64-35-24-46(9,58-13)40(53)31(7)62-35/h15-19,26-31,33-35,37-41,43,51-53,56-57H,14,20-25H2,1-13H3,(H,48,55)/b49-36+/t26-,27-,28+,29+,30-,31+,33+,34-,35+,37-,38+,39-,40+,41-,43+,45-,46-,47-/m1/s1. The first kappa shape index (κ1) is 54.6. The second kappa shape index (κ2) is 23.3. The van der Waals surface area contributed by atoms with Crippen molar-refractivity contribution in [3.8, 4) is 0 Å². The Kier molecular flexibility index (Phi) is 19.6. The first-order valence-corrected chi connectivity index (χ1v) is 23.0. The molecule has 372 valence electrons. The lowest BCUT2D eigenvalue weighted by Gasteiger charge is -2.49. The second-order valence-electron chi connectivity index (χ2n) is 19.4. The number of oxime groups is 1. The van der Waals surface area contributed by atoms with Gasteiger partial charge in [-0.25, -0.2) is 4.79 Å². The van der Waals surface area contributed by atoms with Crippen molar-refractivity contribution in [3.05, 3.63) is 35.9 Å². The van der Waals surface area contributed by atoms with Gasteiger partial charge in [0.2, 0.25) is 0 Å². The van der Waals surface area contributed by atoms with Gasteiger partial charge in [-0.1, -0.05) is 63.2 Å². The zero-order chi connectivity index (χ0) is 48.6. The quantitative estimate of drug-likeness (QED) is 0.0943. The minimum absolute atomic E-state index is 0.0219. The maximum absolute atomic E-state index is 14.4. The number of esters is 1. The molecule has 1 aromatic carbocycles. The van der Waals surface area contributed by atoms with E-state index in [-0.39, 0.29) is 56.9 Å². The number of likely N-dealkylation sites (N-methyl/N-ethyl adjacent to an activating group) is 1. The molecule has 3 fully saturated rings. The average molecular weight is 926 g/mol. The van der Waals surface area contributed by atoms with Gasteiger partial charge in [0.25, 0.3) is 0 Å². The molecule has 3 aliphatic rings. The number of hydrogen-bond acceptors (Lipinski definition) is 17. The largest absolute Gasteiger partial charge is 0.459 e. The zero-order valence-electron chi connectivity index (χ0n) is 40.7. The number of methoxy groups -OCH3 is 1. The lowest BCUT2D eigenvalue weighted by molar-refractivity contribution is -0.317. The number of amides is 1. The number of ether oxygens (including phenoxy) is 7. The van der Waals surface area contributed by atoms with E-state index < -0.39 is 108 Å². The van der Waals surface area contributed by atoms with Crippen LogP contribution in [-0.2, 0) is 49.4 Å². The fourth-order valence-electron chi connectivity index (χ4n) is 9.69. The Balaban J connectivity index is 1.75. The number of hydrogen-bond donors (Lipinski definition) is 6.